The molecular formula is C12H9F2N3O2. The Morgan fingerprint density at radius 2 is 2.05 bits per heavy atom. The first kappa shape index (κ1) is 12.7. The predicted molar refractivity (Wildman–Crippen MR) is 65.2 cm³/mol. The van der Waals surface area contributed by atoms with Gasteiger partial charge in [-0.3, -0.25) is 0 Å². The first-order valence-corrected chi connectivity index (χ1v) is 5.18. The summed E-state index contributed by atoms with van der Waals surface area (Å²) in [5.41, 5.74) is 5.10. The van der Waals surface area contributed by atoms with Crippen molar-refractivity contribution in [3.8, 4) is 0 Å². The molecule has 1 aromatic heterocycles. The Bertz CT molecular complexity index is 647. The highest BCUT2D eigenvalue weighted by Crippen LogP contribution is 2.22. The molecule has 4 N–H and O–H groups in total. The van der Waals surface area contributed by atoms with Gasteiger partial charge >= 0.3 is 5.97 Å². The van der Waals surface area contributed by atoms with Crippen molar-refractivity contribution < 1.29 is 18.7 Å². The number of nitrogen functional groups attached to an aromatic ring is 1. The van der Waals surface area contributed by atoms with Crippen molar-refractivity contribution in [3.05, 3.63) is 47.7 Å². The molecule has 0 unspecified atom stereocenters. The van der Waals surface area contributed by atoms with Gasteiger partial charge in [0.2, 0.25) is 0 Å². The zero-order valence-corrected chi connectivity index (χ0v) is 9.52. The molecule has 2 aromatic rings. The molecule has 5 nitrogen and oxygen atoms in total. The number of aromatic carboxylic acids is 1. The van der Waals surface area contributed by atoms with Crippen molar-refractivity contribution in [1.29, 1.82) is 0 Å². The van der Waals surface area contributed by atoms with Gasteiger partial charge in [0.25, 0.3) is 0 Å². The number of pyridine rings is 1. The summed E-state index contributed by atoms with van der Waals surface area (Å²) in [5, 5.41) is 11.4. The lowest BCUT2D eigenvalue weighted by molar-refractivity contribution is 0.0698. The Hall–Kier alpha value is -2.70. The van der Waals surface area contributed by atoms with Crippen LogP contribution >= 0.6 is 0 Å². The van der Waals surface area contributed by atoms with Gasteiger partial charge in [0.05, 0.1) is 23.1 Å². The first-order valence-electron chi connectivity index (χ1n) is 5.18. The van der Waals surface area contributed by atoms with E-state index < -0.39 is 17.6 Å². The fourth-order valence-electron chi connectivity index (χ4n) is 1.45. The molecule has 1 aromatic carbocycles. The largest absolute Gasteiger partial charge is 0.478 e. The number of nitrogens with one attached hydrogen (secondary N) is 1. The summed E-state index contributed by atoms with van der Waals surface area (Å²) < 4.78 is 26.4. The fourth-order valence-corrected chi connectivity index (χ4v) is 1.45. The van der Waals surface area contributed by atoms with Crippen molar-refractivity contribution >= 4 is 23.2 Å². The summed E-state index contributed by atoms with van der Waals surface area (Å²) in [4.78, 5) is 14.7. The van der Waals surface area contributed by atoms with Crippen molar-refractivity contribution in [2.75, 3.05) is 11.1 Å². The van der Waals surface area contributed by atoms with Crippen molar-refractivity contribution in [2.24, 2.45) is 0 Å². The SMILES string of the molecule is Nc1cnc(Nc2cc(F)ccc2F)cc1C(=O)O. The third-order valence-corrected chi connectivity index (χ3v) is 2.36. The summed E-state index contributed by atoms with van der Waals surface area (Å²) in [6, 6.07) is 4.00. The molecule has 0 aliphatic rings. The molecular weight excluding hydrogens is 256 g/mol. The molecule has 0 fully saturated rings. The van der Waals surface area contributed by atoms with Gasteiger partial charge in [0.1, 0.15) is 17.5 Å². The average Bonchev–Trinajstić information content (AvgIpc) is 2.36. The van der Waals surface area contributed by atoms with E-state index in [-0.39, 0.29) is 22.8 Å². The van der Waals surface area contributed by atoms with Crippen LogP contribution in [-0.2, 0) is 0 Å². The van der Waals surface area contributed by atoms with Gasteiger partial charge in [-0.1, -0.05) is 0 Å². The second-order valence-electron chi connectivity index (χ2n) is 3.71. The standard InChI is InChI=1S/C12H9F2N3O2/c13-6-1-2-8(14)10(3-6)17-11-4-7(12(18)19)9(15)5-16-11/h1-5H,15H2,(H,16,17)(H,18,19). The number of halogens is 2. The van der Waals surface area contributed by atoms with Gasteiger partial charge in [-0.2, -0.15) is 0 Å². The van der Waals surface area contributed by atoms with Crippen LogP contribution in [-0.4, -0.2) is 16.1 Å². The van der Waals surface area contributed by atoms with E-state index in [9.17, 15) is 13.6 Å². The summed E-state index contributed by atoms with van der Waals surface area (Å²) in [6.07, 6.45) is 1.13. The number of anilines is 3. The number of carboxylic acids is 1. The minimum absolute atomic E-state index is 0.0160. The van der Waals surface area contributed by atoms with E-state index in [1.54, 1.807) is 0 Å². The topological polar surface area (TPSA) is 88.2 Å². The number of hydrogen-bond donors (Lipinski definition) is 3. The molecule has 0 aliphatic carbocycles. The molecule has 0 aliphatic heterocycles. The van der Waals surface area contributed by atoms with Gasteiger partial charge < -0.3 is 16.2 Å². The van der Waals surface area contributed by atoms with E-state index in [1.165, 1.54) is 0 Å². The Kier molecular flexibility index (Phi) is 3.28. The molecule has 0 radical (unpaired) electrons. The van der Waals surface area contributed by atoms with E-state index in [1.807, 2.05) is 0 Å². The first-order chi connectivity index (χ1) is 8.97. The van der Waals surface area contributed by atoms with Crippen LogP contribution in [0.15, 0.2) is 30.5 Å². The molecule has 0 spiro atoms. The Morgan fingerprint density at radius 1 is 1.32 bits per heavy atom. The number of nitrogens with zero attached hydrogens (tertiary/aromatic N) is 1. The molecule has 7 heteroatoms. The molecule has 0 amide bonds. The van der Waals surface area contributed by atoms with Gasteiger partial charge in [0.15, 0.2) is 0 Å². The molecule has 2 rings (SSSR count). The molecule has 1 heterocycles. The highest BCUT2D eigenvalue weighted by molar-refractivity contribution is 5.94. The number of rotatable bonds is 3. The van der Waals surface area contributed by atoms with Crippen LogP contribution in [0.3, 0.4) is 0 Å². The predicted octanol–water partition coefficient (Wildman–Crippen LogP) is 2.38. The van der Waals surface area contributed by atoms with Crippen LogP contribution < -0.4 is 11.1 Å². The highest BCUT2D eigenvalue weighted by Gasteiger charge is 2.11. The van der Waals surface area contributed by atoms with E-state index in [4.69, 9.17) is 10.8 Å². The molecule has 0 saturated carbocycles. The maximum atomic E-state index is 13.4. The molecule has 0 bridgehead atoms. The second-order valence-corrected chi connectivity index (χ2v) is 3.71. The van der Waals surface area contributed by atoms with Crippen LogP contribution in [0, 0.1) is 11.6 Å². The smallest absolute Gasteiger partial charge is 0.337 e. The van der Waals surface area contributed by atoms with Crippen LogP contribution in [0.2, 0.25) is 0 Å². The monoisotopic (exact) mass is 265 g/mol. The zero-order chi connectivity index (χ0) is 14.0. The molecule has 98 valence electrons. The fraction of sp³-hybridized carbons (Fsp3) is 0. The van der Waals surface area contributed by atoms with E-state index in [0.29, 0.717) is 0 Å². The Balaban J connectivity index is 2.36. The minimum atomic E-state index is -1.23. The van der Waals surface area contributed by atoms with Gasteiger partial charge in [0, 0.05) is 6.07 Å². The lowest BCUT2D eigenvalue weighted by Crippen LogP contribution is -2.05. The van der Waals surface area contributed by atoms with Gasteiger partial charge in [-0.25, -0.2) is 18.6 Å². The number of benzene rings is 1. The molecule has 0 atom stereocenters. The number of carboxylic acid groups (broad SMARTS) is 1. The second kappa shape index (κ2) is 4.89. The van der Waals surface area contributed by atoms with Gasteiger partial charge in [-0.15, -0.1) is 0 Å². The number of hydrogen-bond acceptors (Lipinski definition) is 4. The number of nitrogens with two attached hydrogens (primary N) is 1. The van der Waals surface area contributed by atoms with Crippen LogP contribution in [0.4, 0.5) is 26.0 Å². The minimum Gasteiger partial charge on any atom is -0.478 e. The maximum absolute atomic E-state index is 13.4. The third kappa shape index (κ3) is 2.76. The zero-order valence-electron chi connectivity index (χ0n) is 9.52. The van der Waals surface area contributed by atoms with Crippen molar-refractivity contribution in [1.82, 2.24) is 4.98 Å². The van der Waals surface area contributed by atoms with Crippen LogP contribution in [0.5, 0.6) is 0 Å². The lowest BCUT2D eigenvalue weighted by atomic mass is 10.2. The Labute approximate surface area is 106 Å². The van der Waals surface area contributed by atoms with Gasteiger partial charge in [-0.05, 0) is 18.2 Å². The summed E-state index contributed by atoms with van der Waals surface area (Å²) in [5.74, 6) is -2.49. The molecule has 0 saturated heterocycles. The maximum Gasteiger partial charge on any atom is 0.337 e. The Morgan fingerprint density at radius 3 is 2.74 bits per heavy atom. The highest BCUT2D eigenvalue weighted by atomic mass is 19.1. The summed E-state index contributed by atoms with van der Waals surface area (Å²) >= 11 is 0. The van der Waals surface area contributed by atoms with E-state index >= 15 is 0 Å². The summed E-state index contributed by atoms with van der Waals surface area (Å²) in [7, 11) is 0. The van der Waals surface area contributed by atoms with E-state index in [0.717, 1.165) is 30.5 Å². The van der Waals surface area contributed by atoms with Crippen molar-refractivity contribution in [2.45, 2.75) is 0 Å². The average molecular weight is 265 g/mol. The van der Waals surface area contributed by atoms with Crippen LogP contribution in [0.25, 0.3) is 0 Å². The van der Waals surface area contributed by atoms with Crippen molar-refractivity contribution in [3.63, 3.8) is 0 Å². The normalized spacial score (nSPS) is 10.2. The number of aromatic nitrogens is 1. The third-order valence-electron chi connectivity index (χ3n) is 2.36. The molecule has 19 heavy (non-hydrogen) atoms. The van der Waals surface area contributed by atoms with E-state index in [2.05, 4.69) is 10.3 Å². The number of carbonyl (C=O) groups is 1. The lowest BCUT2D eigenvalue weighted by Gasteiger charge is -2.08. The summed E-state index contributed by atoms with van der Waals surface area (Å²) in [6.45, 7) is 0. The quantitative estimate of drug-likeness (QED) is 0.793. The van der Waals surface area contributed by atoms with Crippen LogP contribution in [0.1, 0.15) is 10.4 Å².